The lowest BCUT2D eigenvalue weighted by Crippen LogP contribution is -2.27. The van der Waals surface area contributed by atoms with E-state index >= 15 is 0 Å². The van der Waals surface area contributed by atoms with Crippen LogP contribution < -0.4 is 11.3 Å². The van der Waals surface area contributed by atoms with Gasteiger partial charge < -0.3 is 0 Å². The van der Waals surface area contributed by atoms with E-state index in [0.717, 1.165) is 10.2 Å². The molecule has 70 valence electrons. The van der Waals surface area contributed by atoms with Gasteiger partial charge in [0.15, 0.2) is 0 Å². The van der Waals surface area contributed by atoms with Crippen molar-refractivity contribution in [2.45, 2.75) is 19.4 Å². The van der Waals surface area contributed by atoms with Gasteiger partial charge in [0.25, 0.3) is 0 Å². The molecule has 3 N–H and O–H groups in total. The molecule has 1 unspecified atom stereocenters. The van der Waals surface area contributed by atoms with Crippen molar-refractivity contribution < 1.29 is 0 Å². The molecule has 13 heavy (non-hydrogen) atoms. The summed E-state index contributed by atoms with van der Waals surface area (Å²) in [5.41, 5.74) is 3.93. The highest BCUT2D eigenvalue weighted by Crippen LogP contribution is 2.26. The molecule has 0 aliphatic carbocycles. The van der Waals surface area contributed by atoms with Gasteiger partial charge in [-0.25, -0.2) is 0 Å². The topological polar surface area (TPSA) is 38.0 Å². The number of nitrogens with two attached hydrogens (primary N) is 1. The molecule has 0 spiro atoms. The van der Waals surface area contributed by atoms with E-state index in [1.54, 1.807) is 11.3 Å². The van der Waals surface area contributed by atoms with Crippen molar-refractivity contribution in [2.24, 2.45) is 5.84 Å². The molecule has 1 heterocycles. The summed E-state index contributed by atoms with van der Waals surface area (Å²) in [5, 5.41) is 2.08. The van der Waals surface area contributed by atoms with Gasteiger partial charge in [-0.3, -0.25) is 11.3 Å². The van der Waals surface area contributed by atoms with Crippen LogP contribution in [0.25, 0.3) is 0 Å². The Labute approximate surface area is 90.6 Å². The zero-order chi connectivity index (χ0) is 9.68. The van der Waals surface area contributed by atoms with E-state index in [0.29, 0.717) is 0 Å². The first-order chi connectivity index (χ1) is 6.27. The van der Waals surface area contributed by atoms with Crippen molar-refractivity contribution >= 4 is 27.3 Å². The summed E-state index contributed by atoms with van der Waals surface area (Å²) in [6.07, 6.45) is 0.746. The molecule has 1 aromatic rings. The molecule has 2 nitrogen and oxygen atoms in total. The number of hydrazine groups is 1. The van der Waals surface area contributed by atoms with Crippen LogP contribution in [0.5, 0.6) is 0 Å². The highest BCUT2D eigenvalue weighted by Gasteiger charge is 2.09. The summed E-state index contributed by atoms with van der Waals surface area (Å²) < 4.78 is 1.12. The summed E-state index contributed by atoms with van der Waals surface area (Å²) in [5.74, 6) is 11.3. The van der Waals surface area contributed by atoms with Gasteiger partial charge in [-0.1, -0.05) is 0 Å². The van der Waals surface area contributed by atoms with Crippen molar-refractivity contribution in [3.63, 3.8) is 0 Å². The van der Waals surface area contributed by atoms with Crippen molar-refractivity contribution in [2.75, 3.05) is 0 Å². The minimum Gasteiger partial charge on any atom is -0.271 e. The molecule has 1 aromatic heterocycles. The summed E-state index contributed by atoms with van der Waals surface area (Å²) in [4.78, 5) is 0. The maximum atomic E-state index is 5.43. The highest BCUT2D eigenvalue weighted by molar-refractivity contribution is 9.11. The van der Waals surface area contributed by atoms with E-state index in [2.05, 4.69) is 44.6 Å². The second-order valence-corrected chi connectivity index (χ2v) is 4.82. The van der Waals surface area contributed by atoms with Gasteiger partial charge >= 0.3 is 0 Å². The van der Waals surface area contributed by atoms with Crippen LogP contribution in [0.2, 0.25) is 0 Å². The fraction of sp³-hybridized carbons (Fsp3) is 0.333. The molecule has 0 saturated carbocycles. The number of nitrogens with one attached hydrogen (secondary N) is 1. The lowest BCUT2D eigenvalue weighted by Gasteiger charge is -2.09. The zero-order valence-corrected chi connectivity index (χ0v) is 9.71. The molecule has 0 amide bonds. The average molecular weight is 259 g/mol. The van der Waals surface area contributed by atoms with Crippen LogP contribution in [-0.2, 0) is 0 Å². The zero-order valence-electron chi connectivity index (χ0n) is 7.30. The second-order valence-electron chi connectivity index (χ2n) is 2.53. The fourth-order valence-corrected chi connectivity index (χ4v) is 2.21. The predicted molar refractivity (Wildman–Crippen MR) is 60.2 cm³/mol. The average Bonchev–Trinajstić information content (AvgIpc) is 2.54. The molecule has 4 heteroatoms. The fourth-order valence-electron chi connectivity index (χ4n) is 0.983. The lowest BCUT2D eigenvalue weighted by atomic mass is 10.1. The standard InChI is InChI=1S/C9H11BrN2S/c1-2-3-4-8(12-11)7-5-9(10)13-6-7/h5-6,8,12H,4,11H2,1H3. The van der Waals surface area contributed by atoms with E-state index in [1.807, 2.05) is 6.92 Å². The van der Waals surface area contributed by atoms with Crippen LogP contribution in [-0.4, -0.2) is 0 Å². The molecule has 0 fully saturated rings. The first kappa shape index (κ1) is 10.7. The van der Waals surface area contributed by atoms with Gasteiger partial charge in [0.05, 0.1) is 9.83 Å². The molecule has 1 rings (SSSR count). The number of halogens is 1. The van der Waals surface area contributed by atoms with Crippen molar-refractivity contribution in [3.8, 4) is 11.8 Å². The third-order valence-corrected chi connectivity index (χ3v) is 3.20. The Morgan fingerprint density at radius 3 is 3.00 bits per heavy atom. The Morgan fingerprint density at radius 2 is 2.54 bits per heavy atom. The molecular weight excluding hydrogens is 248 g/mol. The van der Waals surface area contributed by atoms with Gasteiger partial charge in [0, 0.05) is 6.42 Å². The lowest BCUT2D eigenvalue weighted by molar-refractivity contribution is 0.569. The summed E-state index contributed by atoms with van der Waals surface area (Å²) in [6.45, 7) is 1.83. The summed E-state index contributed by atoms with van der Waals surface area (Å²) >= 11 is 5.07. The Kier molecular flexibility index (Phi) is 4.46. The first-order valence-corrected chi connectivity index (χ1v) is 5.55. The molecule has 0 saturated heterocycles. The Hall–Kier alpha value is -0.340. The van der Waals surface area contributed by atoms with E-state index in [-0.39, 0.29) is 6.04 Å². The van der Waals surface area contributed by atoms with Crippen LogP contribution in [0.3, 0.4) is 0 Å². The maximum absolute atomic E-state index is 5.43. The summed E-state index contributed by atoms with van der Waals surface area (Å²) in [7, 11) is 0. The maximum Gasteiger partial charge on any atom is 0.0701 e. The second kappa shape index (κ2) is 5.40. The van der Waals surface area contributed by atoms with E-state index < -0.39 is 0 Å². The molecule has 1 atom stereocenters. The normalized spacial score (nSPS) is 11.9. The number of hydrogen-bond acceptors (Lipinski definition) is 3. The van der Waals surface area contributed by atoms with Crippen molar-refractivity contribution in [1.82, 2.24) is 5.43 Å². The Balaban J connectivity index is 2.70. The minimum atomic E-state index is 0.134. The van der Waals surface area contributed by atoms with E-state index in [9.17, 15) is 0 Å². The molecule has 0 aliphatic rings. The van der Waals surface area contributed by atoms with Crippen LogP contribution in [0.15, 0.2) is 15.2 Å². The molecule has 0 radical (unpaired) electrons. The van der Waals surface area contributed by atoms with Crippen LogP contribution in [0.4, 0.5) is 0 Å². The molecule has 0 aliphatic heterocycles. The van der Waals surface area contributed by atoms with E-state index in [1.165, 1.54) is 5.56 Å². The summed E-state index contributed by atoms with van der Waals surface area (Å²) in [6, 6.07) is 2.20. The third kappa shape index (κ3) is 3.12. The largest absolute Gasteiger partial charge is 0.271 e. The number of thiophene rings is 1. The van der Waals surface area contributed by atoms with Gasteiger partial charge in [0.1, 0.15) is 0 Å². The quantitative estimate of drug-likeness (QED) is 0.497. The SMILES string of the molecule is CC#CCC(NN)c1csc(Br)c1. The van der Waals surface area contributed by atoms with Crippen LogP contribution in [0, 0.1) is 11.8 Å². The monoisotopic (exact) mass is 258 g/mol. The molecular formula is C9H11BrN2S. The van der Waals surface area contributed by atoms with Crippen LogP contribution >= 0.6 is 27.3 Å². The van der Waals surface area contributed by atoms with E-state index in [4.69, 9.17) is 5.84 Å². The van der Waals surface area contributed by atoms with Gasteiger partial charge in [0.2, 0.25) is 0 Å². The van der Waals surface area contributed by atoms with Crippen LogP contribution in [0.1, 0.15) is 24.9 Å². The predicted octanol–water partition coefficient (Wildman–Crippen LogP) is 2.43. The van der Waals surface area contributed by atoms with Gasteiger partial charge in [-0.05, 0) is 39.9 Å². The molecule has 0 aromatic carbocycles. The van der Waals surface area contributed by atoms with Gasteiger partial charge in [-0.2, -0.15) is 0 Å². The first-order valence-electron chi connectivity index (χ1n) is 3.87. The Morgan fingerprint density at radius 1 is 1.77 bits per heavy atom. The van der Waals surface area contributed by atoms with Gasteiger partial charge in [-0.15, -0.1) is 23.2 Å². The molecule has 0 bridgehead atoms. The smallest absolute Gasteiger partial charge is 0.0701 e. The Bertz CT molecular complexity index is 324. The van der Waals surface area contributed by atoms with Crippen molar-refractivity contribution in [1.29, 1.82) is 0 Å². The highest BCUT2D eigenvalue weighted by atomic mass is 79.9. The minimum absolute atomic E-state index is 0.134. The number of hydrogen-bond donors (Lipinski definition) is 2. The third-order valence-electron chi connectivity index (χ3n) is 1.67. The number of rotatable bonds is 3. The van der Waals surface area contributed by atoms with Crippen molar-refractivity contribution in [3.05, 3.63) is 20.8 Å².